The second-order valence-corrected chi connectivity index (χ2v) is 10.3. The van der Waals surface area contributed by atoms with Crippen LogP contribution >= 0.6 is 0 Å². The Morgan fingerprint density at radius 1 is 0.771 bits per heavy atom. The quantitative estimate of drug-likeness (QED) is 0.250. The number of hydrogen-bond acceptors (Lipinski definition) is 12. The molecule has 0 aliphatic carbocycles. The number of nitrogens with zero attached hydrogens (tertiary/aromatic N) is 10. The Balaban J connectivity index is 0.000000182. The van der Waals surface area contributed by atoms with Crippen LogP contribution in [-0.2, 0) is 14.1 Å². The maximum Gasteiger partial charge on any atom is 0.262 e. The molecule has 0 fully saturated rings. The van der Waals surface area contributed by atoms with Gasteiger partial charge in [-0.25, -0.2) is 18.7 Å². The number of carbonyl (C=O) groups is 1. The Morgan fingerprint density at radius 2 is 1.29 bits per heavy atom. The summed E-state index contributed by atoms with van der Waals surface area (Å²) in [5.74, 6) is -0.391. The molecule has 0 saturated carbocycles. The van der Waals surface area contributed by atoms with Gasteiger partial charge in [-0.2, -0.15) is 20.2 Å². The Morgan fingerprint density at radius 3 is 1.73 bits per heavy atom. The summed E-state index contributed by atoms with van der Waals surface area (Å²) in [5, 5.41) is 18.8. The van der Waals surface area contributed by atoms with Crippen molar-refractivity contribution in [1.82, 2.24) is 49.8 Å². The summed E-state index contributed by atoms with van der Waals surface area (Å²) in [5.41, 5.74) is 9.38. The molecule has 7 rings (SSSR count). The van der Waals surface area contributed by atoms with E-state index < -0.39 is 23.1 Å². The number of amides is 1. The number of carbonyl (C=O) groups excluding carboxylic acids is 1. The molecule has 6 heterocycles. The fourth-order valence-electron chi connectivity index (χ4n) is 4.57. The van der Waals surface area contributed by atoms with Gasteiger partial charge < -0.3 is 20.1 Å². The molecule has 0 aliphatic heterocycles. The zero-order chi connectivity index (χ0) is 33.9. The second-order valence-electron chi connectivity index (χ2n) is 10.3. The summed E-state index contributed by atoms with van der Waals surface area (Å²) in [7, 11) is 3.60. The van der Waals surface area contributed by atoms with E-state index in [1.54, 1.807) is 54.7 Å². The Labute approximate surface area is 270 Å². The van der Waals surface area contributed by atoms with Crippen LogP contribution in [0.4, 0.5) is 20.4 Å². The normalized spacial score (nSPS) is 10.9. The van der Waals surface area contributed by atoms with E-state index in [0.717, 1.165) is 29.1 Å². The monoisotopic (exact) mass is 652 g/mol. The molecule has 0 radical (unpaired) electrons. The van der Waals surface area contributed by atoms with Crippen LogP contribution in [0, 0.1) is 25.5 Å². The molecule has 6 aromatic heterocycles. The van der Waals surface area contributed by atoms with E-state index in [-0.39, 0.29) is 5.82 Å². The van der Waals surface area contributed by atoms with Crippen molar-refractivity contribution in [2.24, 2.45) is 14.1 Å². The number of nitrogen functional groups attached to an aromatic ring is 1. The maximum absolute atomic E-state index is 13.7. The highest BCUT2D eigenvalue weighted by molar-refractivity contribution is 6.04. The summed E-state index contributed by atoms with van der Waals surface area (Å²) in [4.78, 5) is 28.7. The number of pyridine rings is 2. The molecule has 0 spiro atoms. The number of rotatable bonds is 6. The minimum Gasteiger partial charge on any atom is -0.384 e. The first-order valence-electron chi connectivity index (χ1n) is 14.2. The molecule has 1 amide bonds. The lowest BCUT2D eigenvalue weighted by molar-refractivity contribution is 0.101. The third-order valence-electron chi connectivity index (χ3n) is 6.85. The molecule has 48 heavy (non-hydrogen) atoms. The topological polar surface area (TPSA) is 194 Å². The van der Waals surface area contributed by atoms with Gasteiger partial charge in [-0.05, 0) is 48.5 Å². The van der Waals surface area contributed by atoms with Crippen molar-refractivity contribution < 1.29 is 22.6 Å². The van der Waals surface area contributed by atoms with Crippen molar-refractivity contribution in [2.45, 2.75) is 13.8 Å². The van der Waals surface area contributed by atoms with E-state index >= 15 is 0 Å². The lowest BCUT2D eigenvalue weighted by atomic mass is 10.1. The van der Waals surface area contributed by atoms with E-state index in [1.165, 1.54) is 18.3 Å². The van der Waals surface area contributed by atoms with Gasteiger partial charge in [-0.15, -0.1) is 0 Å². The third-order valence-corrected chi connectivity index (χ3v) is 6.85. The third kappa shape index (κ3) is 6.64. The lowest BCUT2D eigenvalue weighted by Gasteiger charge is -2.07. The highest BCUT2D eigenvalue weighted by Crippen LogP contribution is 2.26. The zero-order valence-electron chi connectivity index (χ0n) is 25.9. The summed E-state index contributed by atoms with van der Waals surface area (Å²) in [6.45, 7) is 3.43. The number of halogens is 2. The average Bonchev–Trinajstić information content (AvgIpc) is 3.86. The molecule has 242 valence electrons. The fourth-order valence-corrected chi connectivity index (χ4v) is 4.57. The molecule has 17 heteroatoms. The number of nitrogens with one attached hydrogen (secondary N) is 1. The number of anilines is 2. The lowest BCUT2D eigenvalue weighted by Crippen LogP contribution is -2.16. The standard InChI is InChI=1S/C19H14F2N6O2.C12H12N6O/c1-10-23-18(26-29-10)14-8-15(27(2)25-14)11-6-7-16(22-9-11)24-19(28)17-12(20)4-3-5-13(17)21;1-7-15-12(17-19-7)9-5-10(18(2)16-9)8-3-4-11(13)14-6-8/h3-9H,1-2H3,(H,22,24,28);3-6H,1-2H3,(H2,13,14). The van der Waals surface area contributed by atoms with Gasteiger partial charge in [0.2, 0.25) is 23.4 Å². The summed E-state index contributed by atoms with van der Waals surface area (Å²) < 4.78 is 40.7. The van der Waals surface area contributed by atoms with Crippen molar-refractivity contribution in [2.75, 3.05) is 11.1 Å². The summed E-state index contributed by atoms with van der Waals surface area (Å²) in [6.07, 6.45) is 3.22. The molecular formula is C31H26F2N12O3. The number of benzene rings is 1. The van der Waals surface area contributed by atoms with Gasteiger partial charge in [-0.1, -0.05) is 16.4 Å². The predicted molar refractivity (Wildman–Crippen MR) is 168 cm³/mol. The van der Waals surface area contributed by atoms with Gasteiger partial charge in [0.25, 0.3) is 5.91 Å². The summed E-state index contributed by atoms with van der Waals surface area (Å²) in [6, 6.07) is 13.7. The SMILES string of the molecule is Cc1nc(-c2cc(-c3ccc(N)nc3)n(C)n2)no1.Cc1nc(-c2cc(-c3ccc(NC(=O)c4c(F)cccc4F)nc3)n(C)n2)no1. The molecule has 15 nitrogen and oxygen atoms in total. The van der Waals surface area contributed by atoms with Crippen LogP contribution in [0.15, 0.2) is 76.0 Å². The van der Waals surface area contributed by atoms with Crippen LogP contribution in [0.25, 0.3) is 45.6 Å². The van der Waals surface area contributed by atoms with Crippen LogP contribution in [0.3, 0.4) is 0 Å². The Kier molecular flexibility index (Phi) is 8.48. The van der Waals surface area contributed by atoms with E-state index in [2.05, 4.69) is 45.8 Å². The van der Waals surface area contributed by atoms with Crippen LogP contribution in [0.5, 0.6) is 0 Å². The van der Waals surface area contributed by atoms with Gasteiger partial charge >= 0.3 is 0 Å². The molecular weight excluding hydrogens is 626 g/mol. The second kappa shape index (κ2) is 13.0. The van der Waals surface area contributed by atoms with E-state index in [9.17, 15) is 13.6 Å². The van der Waals surface area contributed by atoms with Crippen molar-refractivity contribution in [3.05, 3.63) is 96.0 Å². The van der Waals surface area contributed by atoms with Crippen molar-refractivity contribution in [3.8, 4) is 45.6 Å². The average molecular weight is 653 g/mol. The molecule has 0 saturated heterocycles. The largest absolute Gasteiger partial charge is 0.384 e. The van der Waals surface area contributed by atoms with Gasteiger partial charge in [-0.3, -0.25) is 14.2 Å². The predicted octanol–water partition coefficient (Wildman–Crippen LogP) is 4.79. The van der Waals surface area contributed by atoms with E-state index in [4.69, 9.17) is 14.8 Å². The smallest absolute Gasteiger partial charge is 0.262 e. The number of aryl methyl sites for hydroxylation is 4. The summed E-state index contributed by atoms with van der Waals surface area (Å²) >= 11 is 0. The van der Waals surface area contributed by atoms with Crippen LogP contribution < -0.4 is 11.1 Å². The first kappa shape index (κ1) is 31.3. The molecule has 3 N–H and O–H groups in total. The highest BCUT2D eigenvalue weighted by Gasteiger charge is 2.19. The van der Waals surface area contributed by atoms with Gasteiger partial charge in [0, 0.05) is 51.5 Å². The van der Waals surface area contributed by atoms with Gasteiger partial charge in [0.05, 0.1) is 11.4 Å². The van der Waals surface area contributed by atoms with Gasteiger partial charge in [0.1, 0.15) is 40.2 Å². The molecule has 0 unspecified atom stereocenters. The zero-order valence-corrected chi connectivity index (χ0v) is 25.9. The van der Waals surface area contributed by atoms with Crippen molar-refractivity contribution >= 4 is 17.5 Å². The van der Waals surface area contributed by atoms with Crippen molar-refractivity contribution in [1.29, 1.82) is 0 Å². The molecule has 0 bridgehead atoms. The van der Waals surface area contributed by atoms with E-state index in [0.29, 0.717) is 46.2 Å². The van der Waals surface area contributed by atoms with Crippen molar-refractivity contribution in [3.63, 3.8) is 0 Å². The van der Waals surface area contributed by atoms with E-state index in [1.807, 2.05) is 19.2 Å². The number of hydrogen-bond donors (Lipinski definition) is 2. The Hall–Kier alpha value is -6.65. The molecule has 0 atom stereocenters. The molecule has 1 aromatic carbocycles. The minimum absolute atomic E-state index is 0.151. The number of aromatic nitrogens is 10. The molecule has 7 aromatic rings. The fraction of sp³-hybridized carbons (Fsp3) is 0.129. The van der Waals surface area contributed by atoms with Crippen LogP contribution in [0.2, 0.25) is 0 Å². The van der Waals surface area contributed by atoms with Crippen LogP contribution in [0.1, 0.15) is 22.1 Å². The first-order valence-corrected chi connectivity index (χ1v) is 14.2. The highest BCUT2D eigenvalue weighted by atomic mass is 19.1. The molecule has 0 aliphatic rings. The minimum atomic E-state index is -0.946. The maximum atomic E-state index is 13.7. The Bertz CT molecular complexity index is 2200. The first-order chi connectivity index (χ1) is 23.0. The van der Waals surface area contributed by atoms with Gasteiger partial charge in [0.15, 0.2) is 0 Å². The number of nitrogens with two attached hydrogens (primary N) is 1. The van der Waals surface area contributed by atoms with Crippen LogP contribution in [-0.4, -0.2) is 55.7 Å².